The van der Waals surface area contributed by atoms with E-state index in [4.69, 9.17) is 0 Å². The highest BCUT2D eigenvalue weighted by Crippen LogP contribution is 2.27. The van der Waals surface area contributed by atoms with Crippen molar-refractivity contribution >= 4 is 62.4 Å². The van der Waals surface area contributed by atoms with Crippen LogP contribution in [-0.4, -0.2) is 28.4 Å². The first-order valence-corrected chi connectivity index (χ1v) is 9.59. The number of aliphatic carboxylic acids is 1. The lowest BCUT2D eigenvalue weighted by molar-refractivity contribution is -0.306. The lowest BCUT2D eigenvalue weighted by Gasteiger charge is -2.26. The molecule has 2 aromatic carbocycles. The third-order valence-corrected chi connectivity index (χ3v) is 5.08. The molecule has 1 fully saturated rings. The number of urea groups is 1. The number of amides is 4. The second-order valence-corrected chi connectivity index (χ2v) is 7.45. The van der Waals surface area contributed by atoms with Gasteiger partial charge in [-0.1, -0.05) is 40.2 Å². The molecule has 3 aromatic rings. The molecule has 1 aliphatic rings. The van der Waals surface area contributed by atoms with E-state index in [1.165, 1.54) is 16.8 Å². The Balaban J connectivity index is 1.81. The highest BCUT2D eigenvalue weighted by molar-refractivity contribution is 9.10. The van der Waals surface area contributed by atoms with Crippen molar-refractivity contribution in [2.45, 2.75) is 6.54 Å². The van der Waals surface area contributed by atoms with Crippen LogP contribution >= 0.6 is 15.9 Å². The summed E-state index contributed by atoms with van der Waals surface area (Å²) in [5, 5.41) is 13.9. The summed E-state index contributed by atoms with van der Waals surface area (Å²) >= 11 is 3.29. The molecule has 0 atom stereocenters. The molecular formula is C21H13BrN3O5-. The number of carbonyl (C=O) groups is 4. The van der Waals surface area contributed by atoms with Crippen molar-refractivity contribution in [3.05, 3.63) is 70.3 Å². The Labute approximate surface area is 178 Å². The summed E-state index contributed by atoms with van der Waals surface area (Å²) in [5.74, 6) is -2.88. The van der Waals surface area contributed by atoms with Crippen LogP contribution in [0.5, 0.6) is 0 Å². The summed E-state index contributed by atoms with van der Waals surface area (Å²) < 4.78 is 2.12. The third kappa shape index (κ3) is 3.50. The van der Waals surface area contributed by atoms with Crippen molar-refractivity contribution in [3.63, 3.8) is 0 Å². The molecule has 30 heavy (non-hydrogen) atoms. The van der Waals surface area contributed by atoms with Crippen molar-refractivity contribution in [3.8, 4) is 0 Å². The summed E-state index contributed by atoms with van der Waals surface area (Å²) in [6.45, 7) is -0.382. The fraction of sp³-hybridized carbons (Fsp3) is 0.0476. The number of nitrogens with zero attached hydrogens (tertiary/aromatic N) is 2. The van der Waals surface area contributed by atoms with Gasteiger partial charge in [-0.05, 0) is 30.3 Å². The van der Waals surface area contributed by atoms with Crippen LogP contribution in [0, 0.1) is 0 Å². The fourth-order valence-electron chi connectivity index (χ4n) is 3.32. The van der Waals surface area contributed by atoms with E-state index in [2.05, 4.69) is 21.2 Å². The molecule has 0 bridgehead atoms. The van der Waals surface area contributed by atoms with E-state index in [1.807, 2.05) is 0 Å². The number of anilines is 1. The molecule has 8 nitrogen and oxygen atoms in total. The Hall–Kier alpha value is -3.72. The first-order chi connectivity index (χ1) is 14.3. The number of imide groups is 2. The molecule has 0 unspecified atom stereocenters. The van der Waals surface area contributed by atoms with Crippen molar-refractivity contribution in [1.29, 1.82) is 0 Å². The molecule has 9 heteroatoms. The minimum absolute atomic E-state index is 0.245. The Morgan fingerprint density at radius 1 is 1.10 bits per heavy atom. The van der Waals surface area contributed by atoms with Crippen LogP contribution in [0.1, 0.15) is 5.56 Å². The van der Waals surface area contributed by atoms with Gasteiger partial charge in [-0.15, -0.1) is 0 Å². The van der Waals surface area contributed by atoms with Crippen LogP contribution in [0.4, 0.5) is 10.5 Å². The Kier molecular flexibility index (Phi) is 4.96. The van der Waals surface area contributed by atoms with Crippen molar-refractivity contribution in [1.82, 2.24) is 9.88 Å². The quantitative estimate of drug-likeness (QED) is 0.465. The largest absolute Gasteiger partial charge is 0.548 e. The number of carbonyl (C=O) groups excluding carboxylic acids is 4. The molecule has 1 N–H and O–H groups in total. The average molecular weight is 467 g/mol. The SMILES string of the molecule is O=C([O-])Cn1cc(/C=C2\C(=O)NC(=O)N(c3cccc(Br)c3)C2=O)c2ccccc21. The predicted octanol–water partition coefficient (Wildman–Crippen LogP) is 1.82. The van der Waals surface area contributed by atoms with Gasteiger partial charge in [0.25, 0.3) is 11.8 Å². The van der Waals surface area contributed by atoms with E-state index in [0.717, 1.165) is 4.90 Å². The molecule has 1 aliphatic heterocycles. The first-order valence-electron chi connectivity index (χ1n) is 8.80. The Bertz CT molecular complexity index is 1260. The number of benzene rings is 2. The van der Waals surface area contributed by atoms with Gasteiger partial charge in [0, 0.05) is 27.1 Å². The Morgan fingerprint density at radius 3 is 2.60 bits per heavy atom. The number of fused-ring (bicyclic) bond motifs is 1. The zero-order chi connectivity index (χ0) is 21.4. The van der Waals surface area contributed by atoms with Crippen molar-refractivity contribution < 1.29 is 24.3 Å². The van der Waals surface area contributed by atoms with Gasteiger partial charge in [0.2, 0.25) is 0 Å². The molecule has 0 saturated carbocycles. The molecular weight excluding hydrogens is 454 g/mol. The molecule has 0 radical (unpaired) electrons. The molecule has 1 aromatic heterocycles. The summed E-state index contributed by atoms with van der Waals surface area (Å²) in [6, 6.07) is 12.7. The smallest absolute Gasteiger partial charge is 0.335 e. The number of aromatic nitrogens is 1. The molecule has 4 rings (SSSR count). The van der Waals surface area contributed by atoms with Gasteiger partial charge in [-0.3, -0.25) is 14.9 Å². The van der Waals surface area contributed by atoms with Crippen molar-refractivity contribution in [2.75, 3.05) is 4.90 Å². The maximum absolute atomic E-state index is 13.0. The lowest BCUT2D eigenvalue weighted by atomic mass is 10.1. The number of rotatable bonds is 4. The number of hydrogen-bond donors (Lipinski definition) is 1. The number of barbiturate groups is 1. The van der Waals surface area contributed by atoms with Gasteiger partial charge in [0.15, 0.2) is 0 Å². The second-order valence-electron chi connectivity index (χ2n) is 6.54. The minimum atomic E-state index is -1.27. The maximum Gasteiger partial charge on any atom is 0.335 e. The summed E-state index contributed by atoms with van der Waals surface area (Å²) in [6.07, 6.45) is 2.87. The molecule has 0 aliphatic carbocycles. The van der Waals surface area contributed by atoms with E-state index in [0.29, 0.717) is 26.6 Å². The van der Waals surface area contributed by atoms with Gasteiger partial charge in [0.05, 0.1) is 18.2 Å². The standard InChI is InChI=1S/C21H14BrN3O5/c22-13-4-3-5-14(9-13)25-20(29)16(19(28)23-21(25)30)8-12-10-24(11-18(26)27)17-7-2-1-6-15(12)17/h1-10H,11H2,(H,26,27)(H,23,28,30)/p-1/b16-8+. The van der Waals surface area contributed by atoms with Gasteiger partial charge in [-0.25, -0.2) is 9.69 Å². The molecule has 1 saturated heterocycles. The van der Waals surface area contributed by atoms with E-state index in [-0.39, 0.29) is 12.1 Å². The zero-order valence-electron chi connectivity index (χ0n) is 15.3. The topological polar surface area (TPSA) is 112 Å². The number of halogens is 1. The van der Waals surface area contributed by atoms with Gasteiger partial charge in [0.1, 0.15) is 5.57 Å². The normalized spacial score (nSPS) is 15.7. The summed E-state index contributed by atoms with van der Waals surface area (Å²) in [5.41, 5.74) is 1.13. The van der Waals surface area contributed by atoms with Gasteiger partial charge < -0.3 is 14.5 Å². The zero-order valence-corrected chi connectivity index (χ0v) is 16.9. The number of para-hydroxylation sites is 1. The monoisotopic (exact) mass is 466 g/mol. The molecule has 4 amide bonds. The highest BCUT2D eigenvalue weighted by atomic mass is 79.9. The van der Waals surface area contributed by atoms with Crippen LogP contribution in [0.3, 0.4) is 0 Å². The van der Waals surface area contributed by atoms with E-state index in [9.17, 15) is 24.3 Å². The highest BCUT2D eigenvalue weighted by Gasteiger charge is 2.37. The predicted molar refractivity (Wildman–Crippen MR) is 110 cm³/mol. The lowest BCUT2D eigenvalue weighted by Crippen LogP contribution is -2.54. The number of carboxylic acids is 1. The second kappa shape index (κ2) is 7.60. The minimum Gasteiger partial charge on any atom is -0.548 e. The van der Waals surface area contributed by atoms with Crippen molar-refractivity contribution in [2.24, 2.45) is 0 Å². The third-order valence-electron chi connectivity index (χ3n) is 4.59. The number of carboxylic acid groups (broad SMARTS) is 1. The maximum atomic E-state index is 13.0. The van der Waals surface area contributed by atoms with Crippen LogP contribution < -0.4 is 15.3 Å². The molecule has 150 valence electrons. The summed E-state index contributed by atoms with van der Waals surface area (Å²) in [4.78, 5) is 49.7. The fourth-order valence-corrected chi connectivity index (χ4v) is 3.71. The number of hydrogen-bond acceptors (Lipinski definition) is 5. The van der Waals surface area contributed by atoms with E-state index >= 15 is 0 Å². The Morgan fingerprint density at radius 2 is 1.87 bits per heavy atom. The molecule has 0 spiro atoms. The van der Waals surface area contributed by atoms with Crippen LogP contribution in [0.2, 0.25) is 0 Å². The van der Waals surface area contributed by atoms with E-state index < -0.39 is 23.8 Å². The molecule has 2 heterocycles. The first kappa shape index (κ1) is 19.6. The van der Waals surface area contributed by atoms with E-state index in [1.54, 1.807) is 48.5 Å². The van der Waals surface area contributed by atoms with Gasteiger partial charge in [-0.2, -0.15) is 0 Å². The van der Waals surface area contributed by atoms with Gasteiger partial charge >= 0.3 is 6.03 Å². The number of nitrogens with one attached hydrogen (secondary N) is 1. The van der Waals surface area contributed by atoms with Crippen LogP contribution in [0.15, 0.2) is 64.8 Å². The van der Waals surface area contributed by atoms with Crippen LogP contribution in [-0.2, 0) is 20.9 Å². The van der Waals surface area contributed by atoms with Crippen LogP contribution in [0.25, 0.3) is 17.0 Å². The summed E-state index contributed by atoms with van der Waals surface area (Å²) in [7, 11) is 0. The average Bonchev–Trinajstić information content (AvgIpc) is 3.02.